The second-order valence-corrected chi connectivity index (χ2v) is 6.70. The Labute approximate surface area is 141 Å². The lowest BCUT2D eigenvalue weighted by molar-refractivity contribution is -0.129. The summed E-state index contributed by atoms with van der Waals surface area (Å²) >= 11 is 1.47. The fraction of sp³-hybridized carbons (Fsp3) is 0.389. The molecule has 0 aliphatic rings. The molecule has 0 spiro atoms. The van der Waals surface area contributed by atoms with Gasteiger partial charge in [0.2, 0.25) is 0 Å². The van der Waals surface area contributed by atoms with Gasteiger partial charge < -0.3 is 15.2 Å². The van der Waals surface area contributed by atoms with Crippen LogP contribution >= 0.6 is 11.3 Å². The summed E-state index contributed by atoms with van der Waals surface area (Å²) < 4.78 is 5.82. The number of ether oxygens (including phenoxy) is 1. The maximum absolute atomic E-state index is 12.4. The first kappa shape index (κ1) is 17.5. The summed E-state index contributed by atoms with van der Waals surface area (Å²) in [5, 5.41) is 15.2. The quantitative estimate of drug-likeness (QED) is 0.818. The van der Waals surface area contributed by atoms with Crippen molar-refractivity contribution in [3.63, 3.8) is 0 Å². The van der Waals surface area contributed by atoms with Gasteiger partial charge in [0.1, 0.15) is 11.4 Å². The van der Waals surface area contributed by atoms with E-state index in [4.69, 9.17) is 4.74 Å². The SMILES string of the molecule is CCC(Oc1ccccc1C)C(=O)NCC(C)(O)c1cccs1. The van der Waals surface area contributed by atoms with Crippen LogP contribution in [-0.2, 0) is 10.4 Å². The van der Waals surface area contributed by atoms with E-state index >= 15 is 0 Å². The molecule has 2 aromatic rings. The van der Waals surface area contributed by atoms with Crippen LogP contribution in [0.2, 0.25) is 0 Å². The molecule has 2 rings (SSSR count). The second kappa shape index (κ2) is 7.62. The largest absolute Gasteiger partial charge is 0.480 e. The third-order valence-electron chi connectivity index (χ3n) is 3.68. The normalized spacial score (nSPS) is 14.8. The van der Waals surface area contributed by atoms with Crippen LogP contribution in [0.3, 0.4) is 0 Å². The Bertz CT molecular complexity index is 637. The maximum Gasteiger partial charge on any atom is 0.261 e. The molecule has 4 nitrogen and oxygen atoms in total. The standard InChI is InChI=1S/C18H23NO3S/c1-4-14(22-15-9-6-5-8-13(15)2)17(20)19-12-18(3,21)16-10-7-11-23-16/h5-11,14,21H,4,12H2,1-3H3,(H,19,20). The number of amides is 1. The van der Waals surface area contributed by atoms with Gasteiger partial charge in [0, 0.05) is 4.88 Å². The Morgan fingerprint density at radius 1 is 1.35 bits per heavy atom. The minimum atomic E-state index is -1.08. The highest BCUT2D eigenvalue weighted by Crippen LogP contribution is 2.24. The van der Waals surface area contributed by atoms with E-state index in [2.05, 4.69) is 5.32 Å². The van der Waals surface area contributed by atoms with Crippen molar-refractivity contribution in [1.82, 2.24) is 5.32 Å². The molecule has 1 aromatic heterocycles. The summed E-state index contributed by atoms with van der Waals surface area (Å²) in [4.78, 5) is 13.2. The average Bonchev–Trinajstić information content (AvgIpc) is 3.07. The predicted octanol–water partition coefficient (Wildman–Crippen LogP) is 3.24. The van der Waals surface area contributed by atoms with Crippen LogP contribution in [-0.4, -0.2) is 23.7 Å². The Balaban J connectivity index is 1.97. The smallest absolute Gasteiger partial charge is 0.261 e. The van der Waals surface area contributed by atoms with E-state index in [0.717, 1.165) is 10.4 Å². The molecular formula is C18H23NO3S. The fourth-order valence-corrected chi connectivity index (χ4v) is 3.00. The number of carbonyl (C=O) groups excluding carboxylic acids is 1. The number of thiophene rings is 1. The van der Waals surface area contributed by atoms with Gasteiger partial charge in [-0.05, 0) is 43.3 Å². The van der Waals surface area contributed by atoms with E-state index in [0.29, 0.717) is 12.2 Å². The fourth-order valence-electron chi connectivity index (χ4n) is 2.21. The van der Waals surface area contributed by atoms with Crippen molar-refractivity contribution >= 4 is 17.2 Å². The maximum atomic E-state index is 12.4. The van der Waals surface area contributed by atoms with Crippen LogP contribution in [0.1, 0.15) is 30.7 Å². The Morgan fingerprint density at radius 3 is 2.70 bits per heavy atom. The summed E-state index contributed by atoms with van der Waals surface area (Å²) in [6, 6.07) is 11.4. The molecule has 0 bridgehead atoms. The molecule has 1 aromatic carbocycles. The van der Waals surface area contributed by atoms with Gasteiger partial charge in [-0.15, -0.1) is 11.3 Å². The number of rotatable bonds is 7. The minimum absolute atomic E-state index is 0.153. The zero-order valence-electron chi connectivity index (χ0n) is 13.7. The molecular weight excluding hydrogens is 310 g/mol. The van der Waals surface area contributed by atoms with Crippen LogP contribution in [0.25, 0.3) is 0 Å². The number of aliphatic hydroxyl groups is 1. The molecule has 0 saturated carbocycles. The van der Waals surface area contributed by atoms with Crippen LogP contribution in [0.5, 0.6) is 5.75 Å². The molecule has 2 unspecified atom stereocenters. The molecule has 0 radical (unpaired) electrons. The van der Waals surface area contributed by atoms with E-state index in [-0.39, 0.29) is 12.5 Å². The third-order valence-corrected chi connectivity index (χ3v) is 4.81. The van der Waals surface area contributed by atoms with Gasteiger partial charge in [0.05, 0.1) is 6.54 Å². The monoisotopic (exact) mass is 333 g/mol. The van der Waals surface area contributed by atoms with Gasteiger partial charge in [-0.3, -0.25) is 4.79 Å². The van der Waals surface area contributed by atoms with Crippen LogP contribution < -0.4 is 10.1 Å². The lowest BCUT2D eigenvalue weighted by Gasteiger charge is -2.24. The summed E-state index contributed by atoms with van der Waals surface area (Å²) in [6.07, 6.45) is -0.0170. The van der Waals surface area contributed by atoms with Crippen molar-refractivity contribution in [2.24, 2.45) is 0 Å². The molecule has 23 heavy (non-hydrogen) atoms. The van der Waals surface area contributed by atoms with Crippen LogP contribution in [0.4, 0.5) is 0 Å². The Kier molecular flexibility index (Phi) is 5.80. The molecule has 0 saturated heterocycles. The Morgan fingerprint density at radius 2 is 2.09 bits per heavy atom. The molecule has 1 amide bonds. The van der Waals surface area contributed by atoms with Crippen LogP contribution in [0, 0.1) is 6.92 Å². The molecule has 124 valence electrons. The molecule has 5 heteroatoms. The van der Waals surface area contributed by atoms with Crippen LogP contribution in [0.15, 0.2) is 41.8 Å². The van der Waals surface area contributed by atoms with Gasteiger partial charge in [-0.1, -0.05) is 31.2 Å². The summed E-state index contributed by atoms with van der Waals surface area (Å²) in [6.45, 7) is 5.70. The number of benzene rings is 1. The van der Waals surface area contributed by atoms with Crippen molar-refractivity contribution in [2.75, 3.05) is 6.54 Å². The highest BCUT2D eigenvalue weighted by Gasteiger charge is 2.27. The number of aryl methyl sites for hydroxylation is 1. The van der Waals surface area contributed by atoms with E-state index in [1.54, 1.807) is 6.92 Å². The second-order valence-electron chi connectivity index (χ2n) is 5.75. The lowest BCUT2D eigenvalue weighted by atomic mass is 10.1. The zero-order valence-corrected chi connectivity index (χ0v) is 14.5. The Hall–Kier alpha value is -1.85. The number of hydrogen-bond acceptors (Lipinski definition) is 4. The first-order valence-corrected chi connectivity index (χ1v) is 8.58. The zero-order chi connectivity index (χ0) is 16.9. The number of carbonyl (C=O) groups is 1. The first-order chi connectivity index (χ1) is 10.9. The van der Waals surface area contributed by atoms with Gasteiger partial charge in [-0.2, -0.15) is 0 Å². The molecule has 0 aliphatic heterocycles. The van der Waals surface area contributed by atoms with Crippen molar-refractivity contribution in [3.8, 4) is 5.75 Å². The van der Waals surface area contributed by atoms with E-state index in [1.165, 1.54) is 11.3 Å². The predicted molar refractivity (Wildman–Crippen MR) is 92.8 cm³/mol. The van der Waals surface area contributed by atoms with Crippen molar-refractivity contribution in [1.29, 1.82) is 0 Å². The van der Waals surface area contributed by atoms with Gasteiger partial charge >= 0.3 is 0 Å². The summed E-state index contributed by atoms with van der Waals surface area (Å²) in [7, 11) is 0. The highest BCUT2D eigenvalue weighted by atomic mass is 32.1. The topological polar surface area (TPSA) is 58.6 Å². The lowest BCUT2D eigenvalue weighted by Crippen LogP contribution is -2.44. The van der Waals surface area contributed by atoms with Crippen molar-refractivity contribution < 1.29 is 14.6 Å². The molecule has 0 fully saturated rings. The molecule has 1 heterocycles. The van der Waals surface area contributed by atoms with Gasteiger partial charge in [-0.25, -0.2) is 0 Å². The molecule has 0 aliphatic carbocycles. The highest BCUT2D eigenvalue weighted by molar-refractivity contribution is 7.10. The number of hydrogen-bond donors (Lipinski definition) is 2. The van der Waals surface area contributed by atoms with Gasteiger partial charge in [0.25, 0.3) is 5.91 Å². The third kappa shape index (κ3) is 4.56. The molecule has 2 N–H and O–H groups in total. The summed E-state index contributed by atoms with van der Waals surface area (Å²) in [5.41, 5.74) is -0.0885. The van der Waals surface area contributed by atoms with Gasteiger partial charge in [0.15, 0.2) is 6.10 Å². The van der Waals surface area contributed by atoms with E-state index in [9.17, 15) is 9.90 Å². The summed E-state index contributed by atoms with van der Waals surface area (Å²) in [5.74, 6) is 0.493. The minimum Gasteiger partial charge on any atom is -0.480 e. The average molecular weight is 333 g/mol. The van der Waals surface area contributed by atoms with E-state index in [1.807, 2.05) is 55.6 Å². The van der Waals surface area contributed by atoms with Crippen molar-refractivity contribution in [2.45, 2.75) is 38.9 Å². The number of nitrogens with one attached hydrogen (secondary N) is 1. The van der Waals surface area contributed by atoms with E-state index < -0.39 is 11.7 Å². The van der Waals surface area contributed by atoms with Crippen molar-refractivity contribution in [3.05, 3.63) is 52.2 Å². The molecule has 2 atom stereocenters. The first-order valence-electron chi connectivity index (χ1n) is 7.70. The number of para-hydroxylation sites is 1.